The summed E-state index contributed by atoms with van der Waals surface area (Å²) < 4.78 is 15.4. The Morgan fingerprint density at radius 1 is 0.769 bits per heavy atom. The molecule has 0 spiro atoms. The van der Waals surface area contributed by atoms with Crippen molar-refractivity contribution in [2.75, 3.05) is 26.9 Å². The van der Waals surface area contributed by atoms with E-state index in [1.807, 2.05) is 6.92 Å². The van der Waals surface area contributed by atoms with E-state index in [1.165, 1.54) is 32.1 Å². The topological polar surface area (TPSA) is 61.8 Å². The fourth-order valence-corrected chi connectivity index (χ4v) is 2.57. The van der Waals surface area contributed by atoms with E-state index in [2.05, 4.69) is 6.92 Å². The van der Waals surface area contributed by atoms with Crippen LogP contribution in [0.25, 0.3) is 0 Å². The minimum Gasteiger partial charge on any atom is -0.466 e. The first kappa shape index (κ1) is 24.9. The first-order chi connectivity index (χ1) is 12.6. The molecule has 0 saturated carbocycles. The molecule has 0 aliphatic heterocycles. The molecule has 0 aliphatic rings. The predicted molar refractivity (Wildman–Crippen MR) is 104 cm³/mol. The van der Waals surface area contributed by atoms with Gasteiger partial charge in [-0.3, -0.25) is 9.59 Å². The van der Waals surface area contributed by atoms with Crippen LogP contribution in [0, 0.1) is 5.92 Å². The molecule has 0 aliphatic carbocycles. The molecule has 0 amide bonds. The van der Waals surface area contributed by atoms with Crippen LogP contribution in [0.1, 0.15) is 90.9 Å². The van der Waals surface area contributed by atoms with E-state index in [0.29, 0.717) is 51.4 Å². The molecule has 0 fully saturated rings. The van der Waals surface area contributed by atoms with Crippen LogP contribution in [0.5, 0.6) is 0 Å². The maximum atomic E-state index is 11.6. The van der Waals surface area contributed by atoms with Crippen LogP contribution in [0.4, 0.5) is 0 Å². The van der Waals surface area contributed by atoms with E-state index in [0.717, 1.165) is 19.3 Å². The highest BCUT2D eigenvalue weighted by molar-refractivity contribution is 5.70. The van der Waals surface area contributed by atoms with Gasteiger partial charge in [-0.15, -0.1) is 0 Å². The number of esters is 2. The van der Waals surface area contributed by atoms with Crippen molar-refractivity contribution in [2.45, 2.75) is 90.9 Å². The molecule has 26 heavy (non-hydrogen) atoms. The van der Waals surface area contributed by atoms with Crippen LogP contribution in [-0.2, 0) is 23.8 Å². The van der Waals surface area contributed by atoms with Gasteiger partial charge in [0.25, 0.3) is 0 Å². The summed E-state index contributed by atoms with van der Waals surface area (Å²) in [5.74, 6) is -0.0382. The van der Waals surface area contributed by atoms with Crippen LogP contribution >= 0.6 is 0 Å². The van der Waals surface area contributed by atoms with E-state index in [9.17, 15) is 9.59 Å². The summed E-state index contributed by atoms with van der Waals surface area (Å²) in [5, 5.41) is 0. The molecule has 154 valence electrons. The van der Waals surface area contributed by atoms with Crippen LogP contribution in [-0.4, -0.2) is 38.9 Å². The van der Waals surface area contributed by atoms with Gasteiger partial charge < -0.3 is 14.2 Å². The highest BCUT2D eigenvalue weighted by Gasteiger charge is 2.08. The molecular weight excluding hydrogens is 332 g/mol. The molecule has 0 heterocycles. The zero-order valence-corrected chi connectivity index (χ0v) is 17.2. The summed E-state index contributed by atoms with van der Waals surface area (Å²) >= 11 is 0. The lowest BCUT2D eigenvalue weighted by atomic mass is 10.1. The molecule has 0 aromatic heterocycles. The van der Waals surface area contributed by atoms with Crippen molar-refractivity contribution >= 4 is 11.9 Å². The number of carbonyl (C=O) groups is 2. The Bertz CT molecular complexity index is 343. The first-order valence-electron chi connectivity index (χ1n) is 10.4. The largest absolute Gasteiger partial charge is 0.466 e. The molecule has 0 aromatic rings. The van der Waals surface area contributed by atoms with Crippen LogP contribution in [0.2, 0.25) is 0 Å². The van der Waals surface area contributed by atoms with E-state index in [4.69, 9.17) is 14.2 Å². The lowest BCUT2D eigenvalue weighted by molar-refractivity contribution is -0.146. The van der Waals surface area contributed by atoms with Gasteiger partial charge >= 0.3 is 11.9 Å². The minimum atomic E-state index is -0.189. The maximum absolute atomic E-state index is 11.6. The molecule has 1 atom stereocenters. The van der Waals surface area contributed by atoms with Crippen molar-refractivity contribution in [3.05, 3.63) is 0 Å². The lowest BCUT2D eigenvalue weighted by Crippen LogP contribution is -2.13. The Morgan fingerprint density at radius 3 is 1.96 bits per heavy atom. The number of rotatable bonds is 18. The number of hydrogen-bond donors (Lipinski definition) is 0. The van der Waals surface area contributed by atoms with E-state index < -0.39 is 0 Å². The monoisotopic (exact) mass is 372 g/mol. The number of carbonyl (C=O) groups excluding carboxylic acids is 2. The highest BCUT2D eigenvalue weighted by Crippen LogP contribution is 2.08. The second kappa shape index (κ2) is 18.7. The van der Waals surface area contributed by atoms with Crippen molar-refractivity contribution in [1.82, 2.24) is 0 Å². The molecule has 1 unspecified atom stereocenters. The summed E-state index contributed by atoms with van der Waals surface area (Å²) in [5.41, 5.74) is 0. The van der Waals surface area contributed by atoms with Gasteiger partial charge in [0.05, 0.1) is 13.2 Å². The van der Waals surface area contributed by atoms with E-state index >= 15 is 0 Å². The zero-order chi connectivity index (χ0) is 19.5. The Labute approximate surface area is 160 Å². The third-order valence-electron chi connectivity index (χ3n) is 4.37. The molecule has 5 heteroatoms. The molecule has 0 rings (SSSR count). The molecule has 0 aromatic carbocycles. The Hall–Kier alpha value is -1.10. The van der Waals surface area contributed by atoms with E-state index in [-0.39, 0.29) is 11.9 Å². The molecule has 5 nitrogen and oxygen atoms in total. The van der Waals surface area contributed by atoms with Crippen molar-refractivity contribution in [3.63, 3.8) is 0 Å². The zero-order valence-electron chi connectivity index (χ0n) is 17.2. The van der Waals surface area contributed by atoms with Gasteiger partial charge in [0, 0.05) is 26.6 Å². The quantitative estimate of drug-likeness (QED) is 0.249. The molecule has 0 radical (unpaired) electrons. The third kappa shape index (κ3) is 17.7. The van der Waals surface area contributed by atoms with Crippen molar-refractivity contribution in [2.24, 2.45) is 5.92 Å². The van der Waals surface area contributed by atoms with Crippen LogP contribution in [0.15, 0.2) is 0 Å². The van der Waals surface area contributed by atoms with Gasteiger partial charge in [0.15, 0.2) is 0 Å². The fourth-order valence-electron chi connectivity index (χ4n) is 2.57. The summed E-state index contributed by atoms with van der Waals surface area (Å²) in [6.45, 7) is 5.89. The third-order valence-corrected chi connectivity index (χ3v) is 4.37. The number of hydrogen-bond acceptors (Lipinski definition) is 5. The van der Waals surface area contributed by atoms with Crippen LogP contribution < -0.4 is 0 Å². The van der Waals surface area contributed by atoms with Gasteiger partial charge in [-0.05, 0) is 31.6 Å². The lowest BCUT2D eigenvalue weighted by Gasteiger charge is -2.11. The summed E-state index contributed by atoms with van der Waals surface area (Å²) in [6.07, 6.45) is 11.4. The van der Waals surface area contributed by atoms with Gasteiger partial charge in [-0.2, -0.15) is 0 Å². The number of methoxy groups -OCH3 is 1. The highest BCUT2D eigenvalue weighted by atomic mass is 16.5. The van der Waals surface area contributed by atoms with Gasteiger partial charge in [0.2, 0.25) is 0 Å². The predicted octanol–water partition coefficient (Wildman–Crippen LogP) is 5.06. The van der Waals surface area contributed by atoms with Crippen molar-refractivity contribution < 1.29 is 23.8 Å². The number of ether oxygens (including phenoxy) is 3. The van der Waals surface area contributed by atoms with Crippen LogP contribution in [0.3, 0.4) is 0 Å². The molecule has 0 bridgehead atoms. The number of unbranched alkanes of at least 4 members (excludes halogenated alkanes) is 7. The summed E-state index contributed by atoms with van der Waals surface area (Å²) in [6, 6.07) is 0. The summed E-state index contributed by atoms with van der Waals surface area (Å²) in [4.78, 5) is 23.3. The Kier molecular flexibility index (Phi) is 17.9. The van der Waals surface area contributed by atoms with E-state index in [1.54, 1.807) is 7.11 Å². The fraction of sp³-hybridized carbons (Fsp3) is 0.905. The standard InChI is InChI=1S/C21H40O5/c1-4-5-6-7-8-9-12-16-25-20(22)13-10-11-14-21(23)26-18-19(2)15-17-24-3/h19H,4-18H2,1-3H3. The molecule has 0 saturated heterocycles. The normalized spacial score (nSPS) is 12.0. The maximum Gasteiger partial charge on any atom is 0.305 e. The average Bonchev–Trinajstić information content (AvgIpc) is 2.64. The molecular formula is C21H40O5. The minimum absolute atomic E-state index is 0.155. The Balaban J connectivity index is 3.40. The second-order valence-corrected chi connectivity index (χ2v) is 7.12. The van der Waals surface area contributed by atoms with Gasteiger partial charge in [0.1, 0.15) is 0 Å². The van der Waals surface area contributed by atoms with Gasteiger partial charge in [-0.1, -0.05) is 52.4 Å². The van der Waals surface area contributed by atoms with Gasteiger partial charge in [-0.25, -0.2) is 0 Å². The second-order valence-electron chi connectivity index (χ2n) is 7.12. The Morgan fingerprint density at radius 2 is 1.35 bits per heavy atom. The van der Waals surface area contributed by atoms with Crippen molar-refractivity contribution in [1.29, 1.82) is 0 Å². The first-order valence-corrected chi connectivity index (χ1v) is 10.4. The summed E-state index contributed by atoms with van der Waals surface area (Å²) in [7, 11) is 1.67. The smallest absolute Gasteiger partial charge is 0.305 e. The van der Waals surface area contributed by atoms with Crippen molar-refractivity contribution in [3.8, 4) is 0 Å². The SMILES string of the molecule is CCCCCCCCCOC(=O)CCCCC(=O)OCC(C)CCOC. The molecule has 0 N–H and O–H groups in total. The average molecular weight is 373 g/mol.